The highest BCUT2D eigenvalue weighted by Crippen LogP contribution is 2.22. The standard InChI is InChI=1S/C16H14FN3O/c1-10-13-6-5-11(17)8-14(13)20-15(10)16(21)19-9-12-4-2-3-7-18-12/h2-8,20H,9H2,1H3,(H,19,21). The Bertz CT molecular complexity index is 796. The van der Waals surface area contributed by atoms with Gasteiger partial charge in [0.05, 0.1) is 12.2 Å². The molecule has 0 saturated carbocycles. The molecule has 5 heteroatoms. The van der Waals surface area contributed by atoms with Crippen LogP contribution in [0.15, 0.2) is 42.6 Å². The molecule has 3 aromatic rings. The molecular formula is C16H14FN3O. The Kier molecular flexibility index (Phi) is 3.39. The van der Waals surface area contributed by atoms with Crippen molar-refractivity contribution in [2.45, 2.75) is 13.5 Å². The van der Waals surface area contributed by atoms with Crippen molar-refractivity contribution < 1.29 is 9.18 Å². The fourth-order valence-electron chi connectivity index (χ4n) is 2.30. The number of aromatic nitrogens is 2. The van der Waals surface area contributed by atoms with Crippen LogP contribution in [0.5, 0.6) is 0 Å². The van der Waals surface area contributed by atoms with E-state index in [4.69, 9.17) is 0 Å². The van der Waals surface area contributed by atoms with E-state index in [0.29, 0.717) is 17.8 Å². The lowest BCUT2D eigenvalue weighted by Gasteiger charge is -2.04. The molecule has 2 N–H and O–H groups in total. The summed E-state index contributed by atoms with van der Waals surface area (Å²) in [6.45, 7) is 2.19. The Morgan fingerprint density at radius 2 is 2.19 bits per heavy atom. The Labute approximate surface area is 121 Å². The number of H-pyrrole nitrogens is 1. The second kappa shape index (κ2) is 5.36. The second-order valence-electron chi connectivity index (χ2n) is 4.82. The van der Waals surface area contributed by atoms with Gasteiger partial charge in [-0.1, -0.05) is 6.07 Å². The monoisotopic (exact) mass is 283 g/mol. The van der Waals surface area contributed by atoms with Crippen LogP contribution in [0.25, 0.3) is 10.9 Å². The third-order valence-corrected chi connectivity index (χ3v) is 3.40. The van der Waals surface area contributed by atoms with Gasteiger partial charge in [0.15, 0.2) is 0 Å². The second-order valence-corrected chi connectivity index (χ2v) is 4.82. The number of pyridine rings is 1. The van der Waals surface area contributed by atoms with Gasteiger partial charge >= 0.3 is 0 Å². The van der Waals surface area contributed by atoms with E-state index in [1.807, 2.05) is 25.1 Å². The zero-order chi connectivity index (χ0) is 14.8. The largest absolute Gasteiger partial charge is 0.350 e. The minimum absolute atomic E-state index is 0.227. The number of aromatic amines is 1. The molecule has 3 rings (SSSR count). The smallest absolute Gasteiger partial charge is 0.268 e. The summed E-state index contributed by atoms with van der Waals surface area (Å²) in [6, 6.07) is 9.98. The van der Waals surface area contributed by atoms with Crippen LogP contribution in [0, 0.1) is 12.7 Å². The molecule has 4 nitrogen and oxygen atoms in total. The molecule has 21 heavy (non-hydrogen) atoms. The van der Waals surface area contributed by atoms with Crippen molar-refractivity contribution in [3.8, 4) is 0 Å². The van der Waals surface area contributed by atoms with Crippen molar-refractivity contribution in [2.75, 3.05) is 0 Å². The molecule has 0 fully saturated rings. The highest BCUT2D eigenvalue weighted by Gasteiger charge is 2.14. The molecule has 0 bridgehead atoms. The highest BCUT2D eigenvalue weighted by atomic mass is 19.1. The molecule has 106 valence electrons. The van der Waals surface area contributed by atoms with Gasteiger partial charge in [-0.15, -0.1) is 0 Å². The van der Waals surface area contributed by atoms with Crippen molar-refractivity contribution in [3.63, 3.8) is 0 Å². The van der Waals surface area contributed by atoms with E-state index in [1.54, 1.807) is 12.3 Å². The normalized spacial score (nSPS) is 10.8. The van der Waals surface area contributed by atoms with Crippen LogP contribution in [0.3, 0.4) is 0 Å². The van der Waals surface area contributed by atoms with Gasteiger partial charge < -0.3 is 10.3 Å². The number of aryl methyl sites for hydroxylation is 1. The number of hydrogen-bond acceptors (Lipinski definition) is 2. The first kappa shape index (κ1) is 13.3. The molecular weight excluding hydrogens is 269 g/mol. The van der Waals surface area contributed by atoms with Crippen molar-refractivity contribution in [3.05, 3.63) is 65.4 Å². The molecule has 0 radical (unpaired) electrons. The van der Waals surface area contributed by atoms with Crippen molar-refractivity contribution >= 4 is 16.8 Å². The number of hydrogen-bond donors (Lipinski definition) is 2. The first-order valence-electron chi connectivity index (χ1n) is 6.61. The summed E-state index contributed by atoms with van der Waals surface area (Å²) in [6.07, 6.45) is 1.68. The van der Waals surface area contributed by atoms with Gasteiger partial charge in [-0.3, -0.25) is 9.78 Å². The van der Waals surface area contributed by atoms with Crippen molar-refractivity contribution in [2.24, 2.45) is 0 Å². The van der Waals surface area contributed by atoms with Crippen LogP contribution in [-0.2, 0) is 6.54 Å². The number of halogens is 1. The predicted octanol–water partition coefficient (Wildman–Crippen LogP) is 2.94. The number of carbonyl (C=O) groups excluding carboxylic acids is 1. The summed E-state index contributed by atoms with van der Waals surface area (Å²) in [5.74, 6) is -0.557. The van der Waals surface area contributed by atoms with Crippen LogP contribution in [0.4, 0.5) is 4.39 Å². The summed E-state index contributed by atoms with van der Waals surface area (Å²) in [4.78, 5) is 19.3. The third kappa shape index (κ3) is 2.63. The van der Waals surface area contributed by atoms with Gasteiger partial charge in [0, 0.05) is 17.1 Å². The Balaban J connectivity index is 1.83. The number of carbonyl (C=O) groups is 1. The summed E-state index contributed by atoms with van der Waals surface area (Å²) in [7, 11) is 0. The molecule has 0 spiro atoms. The zero-order valence-electron chi connectivity index (χ0n) is 11.5. The van der Waals surface area contributed by atoms with Gasteiger partial charge in [0.2, 0.25) is 0 Å². The summed E-state index contributed by atoms with van der Waals surface area (Å²) < 4.78 is 13.2. The first-order chi connectivity index (χ1) is 10.1. The predicted molar refractivity (Wildman–Crippen MR) is 78.4 cm³/mol. The van der Waals surface area contributed by atoms with Gasteiger partial charge in [0.25, 0.3) is 5.91 Å². The SMILES string of the molecule is Cc1c(C(=O)NCc2ccccn2)[nH]c2cc(F)ccc12. The van der Waals surface area contributed by atoms with Gasteiger partial charge in [-0.05, 0) is 42.8 Å². The summed E-state index contributed by atoms with van der Waals surface area (Å²) in [5, 5.41) is 3.65. The number of benzene rings is 1. The van der Waals surface area contributed by atoms with Gasteiger partial charge in [-0.25, -0.2) is 4.39 Å². The highest BCUT2D eigenvalue weighted by molar-refractivity contribution is 6.00. The quantitative estimate of drug-likeness (QED) is 0.776. The minimum Gasteiger partial charge on any atom is -0.350 e. The molecule has 0 saturated heterocycles. The number of rotatable bonds is 3. The van der Waals surface area contributed by atoms with E-state index in [-0.39, 0.29) is 11.7 Å². The summed E-state index contributed by atoms with van der Waals surface area (Å²) in [5.41, 5.74) is 2.66. The van der Waals surface area contributed by atoms with Crippen LogP contribution in [0.1, 0.15) is 21.7 Å². The lowest BCUT2D eigenvalue weighted by Crippen LogP contribution is -2.24. The fourth-order valence-corrected chi connectivity index (χ4v) is 2.30. The maximum atomic E-state index is 13.2. The van der Waals surface area contributed by atoms with Gasteiger partial charge in [0.1, 0.15) is 11.5 Å². The van der Waals surface area contributed by atoms with Crippen LogP contribution in [-0.4, -0.2) is 15.9 Å². The molecule has 0 aliphatic rings. The fraction of sp³-hybridized carbons (Fsp3) is 0.125. The van der Waals surface area contributed by atoms with E-state index in [2.05, 4.69) is 15.3 Å². The number of nitrogens with zero attached hydrogens (tertiary/aromatic N) is 1. The number of fused-ring (bicyclic) bond motifs is 1. The maximum absolute atomic E-state index is 13.2. The maximum Gasteiger partial charge on any atom is 0.268 e. The molecule has 1 aromatic carbocycles. The Morgan fingerprint density at radius 3 is 2.95 bits per heavy atom. The molecule has 1 amide bonds. The molecule has 0 aliphatic heterocycles. The molecule has 0 aliphatic carbocycles. The van der Waals surface area contributed by atoms with Gasteiger partial charge in [-0.2, -0.15) is 0 Å². The lowest BCUT2D eigenvalue weighted by molar-refractivity contribution is 0.0945. The third-order valence-electron chi connectivity index (χ3n) is 3.40. The number of nitrogens with one attached hydrogen (secondary N) is 2. The molecule has 2 heterocycles. The van der Waals surface area contributed by atoms with Crippen LogP contribution >= 0.6 is 0 Å². The number of amides is 1. The van der Waals surface area contributed by atoms with E-state index in [1.165, 1.54) is 12.1 Å². The Hall–Kier alpha value is -2.69. The molecule has 2 aromatic heterocycles. The summed E-state index contributed by atoms with van der Waals surface area (Å²) >= 11 is 0. The van der Waals surface area contributed by atoms with E-state index < -0.39 is 0 Å². The van der Waals surface area contributed by atoms with Crippen molar-refractivity contribution in [1.82, 2.24) is 15.3 Å². The van der Waals surface area contributed by atoms with E-state index in [0.717, 1.165) is 16.6 Å². The van der Waals surface area contributed by atoms with E-state index >= 15 is 0 Å². The Morgan fingerprint density at radius 1 is 1.33 bits per heavy atom. The zero-order valence-corrected chi connectivity index (χ0v) is 11.5. The van der Waals surface area contributed by atoms with E-state index in [9.17, 15) is 9.18 Å². The molecule has 0 atom stereocenters. The molecule has 0 unspecified atom stereocenters. The first-order valence-corrected chi connectivity index (χ1v) is 6.61. The van der Waals surface area contributed by atoms with Crippen LogP contribution < -0.4 is 5.32 Å². The topological polar surface area (TPSA) is 57.8 Å². The van der Waals surface area contributed by atoms with Crippen LogP contribution in [0.2, 0.25) is 0 Å². The minimum atomic E-state index is -0.329. The average molecular weight is 283 g/mol. The van der Waals surface area contributed by atoms with Crippen molar-refractivity contribution in [1.29, 1.82) is 0 Å². The average Bonchev–Trinajstić information content (AvgIpc) is 2.82. The lowest BCUT2D eigenvalue weighted by atomic mass is 10.1.